The van der Waals surface area contributed by atoms with E-state index in [0.717, 1.165) is 17.9 Å². The summed E-state index contributed by atoms with van der Waals surface area (Å²) >= 11 is 0. The van der Waals surface area contributed by atoms with Gasteiger partial charge in [-0.2, -0.15) is 0 Å². The molecule has 0 aliphatic heterocycles. The molecule has 1 unspecified atom stereocenters. The van der Waals surface area contributed by atoms with Gasteiger partial charge in [-0.05, 0) is 31.5 Å². The van der Waals surface area contributed by atoms with Crippen LogP contribution in [0.25, 0.3) is 0 Å². The van der Waals surface area contributed by atoms with Gasteiger partial charge in [0.1, 0.15) is 11.6 Å². The van der Waals surface area contributed by atoms with Gasteiger partial charge in [0.05, 0.1) is 0 Å². The zero-order chi connectivity index (χ0) is 19.1. The predicted molar refractivity (Wildman–Crippen MR) is 106 cm³/mol. The summed E-state index contributed by atoms with van der Waals surface area (Å²) in [6.45, 7) is 5.07. The Morgan fingerprint density at radius 2 is 1.89 bits per heavy atom. The van der Waals surface area contributed by atoms with Crippen molar-refractivity contribution in [3.8, 4) is 5.75 Å². The van der Waals surface area contributed by atoms with E-state index >= 15 is 0 Å². The lowest BCUT2D eigenvalue weighted by Gasteiger charge is -2.15. The third kappa shape index (κ3) is 5.45. The van der Waals surface area contributed by atoms with Crippen molar-refractivity contribution in [1.29, 1.82) is 0 Å². The van der Waals surface area contributed by atoms with Gasteiger partial charge in [-0.25, -0.2) is 4.98 Å². The van der Waals surface area contributed by atoms with Gasteiger partial charge in [-0.15, -0.1) is 0 Å². The predicted octanol–water partition coefficient (Wildman–Crippen LogP) is 3.37. The number of carbonyl (C=O) groups excluding carboxylic acids is 1. The van der Waals surface area contributed by atoms with Crippen LogP contribution in [0.3, 0.4) is 0 Å². The lowest BCUT2D eigenvalue weighted by atomic mass is 10.2. The highest BCUT2D eigenvalue weighted by molar-refractivity contribution is 5.80. The highest BCUT2D eigenvalue weighted by Crippen LogP contribution is 2.13. The molecular weight excluding hydrogens is 338 g/mol. The molecule has 1 atom stereocenters. The number of ether oxygens (including phenoxy) is 1. The van der Waals surface area contributed by atoms with Crippen molar-refractivity contribution in [3.63, 3.8) is 0 Å². The minimum Gasteiger partial charge on any atom is -0.481 e. The smallest absolute Gasteiger partial charge is 0.260 e. The van der Waals surface area contributed by atoms with Crippen LogP contribution in [0.15, 0.2) is 67.0 Å². The van der Waals surface area contributed by atoms with E-state index < -0.39 is 6.10 Å². The van der Waals surface area contributed by atoms with Crippen LogP contribution >= 0.6 is 0 Å². The van der Waals surface area contributed by atoms with E-state index in [0.29, 0.717) is 18.7 Å². The normalized spacial score (nSPS) is 11.8. The molecule has 1 N–H and O–H groups in total. The lowest BCUT2D eigenvalue weighted by Crippen LogP contribution is -2.37. The lowest BCUT2D eigenvalue weighted by molar-refractivity contribution is -0.127. The summed E-state index contributed by atoms with van der Waals surface area (Å²) in [5.74, 6) is 1.52. The molecular formula is C22H25N3O2. The maximum atomic E-state index is 12.3. The number of nitrogens with one attached hydrogen (secondary N) is 1. The topological polar surface area (TPSA) is 56.1 Å². The van der Waals surface area contributed by atoms with E-state index in [1.54, 1.807) is 13.1 Å². The van der Waals surface area contributed by atoms with Crippen LogP contribution in [0.1, 0.15) is 23.9 Å². The second-order valence-electron chi connectivity index (χ2n) is 6.57. The average molecular weight is 363 g/mol. The molecule has 1 amide bonds. The third-order valence-corrected chi connectivity index (χ3v) is 4.35. The van der Waals surface area contributed by atoms with Crippen LogP contribution in [0, 0.1) is 6.92 Å². The fourth-order valence-electron chi connectivity index (χ4n) is 2.81. The zero-order valence-corrected chi connectivity index (χ0v) is 15.8. The number of hydrogen-bond donors (Lipinski definition) is 1. The minimum absolute atomic E-state index is 0.128. The molecule has 1 aromatic heterocycles. The number of carbonyl (C=O) groups is 1. The van der Waals surface area contributed by atoms with Crippen molar-refractivity contribution in [2.45, 2.75) is 32.9 Å². The molecule has 27 heavy (non-hydrogen) atoms. The van der Waals surface area contributed by atoms with Crippen molar-refractivity contribution in [2.24, 2.45) is 0 Å². The summed E-state index contributed by atoms with van der Waals surface area (Å²) in [5.41, 5.74) is 2.38. The summed E-state index contributed by atoms with van der Waals surface area (Å²) in [6.07, 6.45) is 3.89. The Labute approximate surface area is 160 Å². The fourth-order valence-corrected chi connectivity index (χ4v) is 2.81. The maximum Gasteiger partial charge on any atom is 0.260 e. The molecule has 140 valence electrons. The standard InChI is InChI=1S/C22H25N3O2/c1-17-8-10-20(11-9-17)27-18(2)22(26)24-13-12-21-23-14-15-25(21)16-19-6-4-3-5-7-19/h3-11,14-15,18H,12-13,16H2,1-2H3,(H,24,26). The Morgan fingerprint density at radius 3 is 2.63 bits per heavy atom. The van der Waals surface area contributed by atoms with Gasteiger partial charge in [0, 0.05) is 31.9 Å². The number of hydrogen-bond acceptors (Lipinski definition) is 3. The largest absolute Gasteiger partial charge is 0.481 e. The number of aromatic nitrogens is 2. The van der Waals surface area contributed by atoms with Crippen LogP contribution in [-0.2, 0) is 17.8 Å². The summed E-state index contributed by atoms with van der Waals surface area (Å²) < 4.78 is 7.79. The van der Waals surface area contributed by atoms with Gasteiger partial charge >= 0.3 is 0 Å². The first-order valence-electron chi connectivity index (χ1n) is 9.17. The molecule has 0 aliphatic carbocycles. The molecule has 1 heterocycles. The van der Waals surface area contributed by atoms with Crippen LogP contribution < -0.4 is 10.1 Å². The average Bonchev–Trinajstić information content (AvgIpc) is 3.11. The number of aryl methyl sites for hydroxylation is 1. The Bertz CT molecular complexity index is 857. The molecule has 0 bridgehead atoms. The molecule has 3 rings (SSSR count). The Balaban J connectivity index is 1.47. The summed E-state index contributed by atoms with van der Waals surface area (Å²) in [4.78, 5) is 16.7. The van der Waals surface area contributed by atoms with Gasteiger partial charge in [0.15, 0.2) is 6.10 Å². The van der Waals surface area contributed by atoms with Gasteiger partial charge in [-0.1, -0.05) is 48.0 Å². The molecule has 0 saturated heterocycles. The molecule has 0 fully saturated rings. The summed E-state index contributed by atoms with van der Waals surface area (Å²) in [6, 6.07) is 17.9. The molecule has 0 saturated carbocycles. The van der Waals surface area contributed by atoms with Crippen LogP contribution in [0.2, 0.25) is 0 Å². The molecule has 3 aromatic rings. The van der Waals surface area contributed by atoms with Gasteiger partial charge in [0.25, 0.3) is 5.91 Å². The number of benzene rings is 2. The molecule has 0 radical (unpaired) electrons. The van der Waals surface area contributed by atoms with E-state index in [-0.39, 0.29) is 5.91 Å². The van der Waals surface area contributed by atoms with Crippen molar-refractivity contribution in [2.75, 3.05) is 6.54 Å². The van der Waals surface area contributed by atoms with Crippen LogP contribution in [0.4, 0.5) is 0 Å². The van der Waals surface area contributed by atoms with Crippen molar-refractivity contribution >= 4 is 5.91 Å². The first-order chi connectivity index (χ1) is 13.1. The third-order valence-electron chi connectivity index (χ3n) is 4.35. The van der Waals surface area contributed by atoms with Crippen LogP contribution in [0.5, 0.6) is 5.75 Å². The van der Waals surface area contributed by atoms with Crippen molar-refractivity contribution in [3.05, 3.63) is 83.9 Å². The first kappa shape index (κ1) is 18.7. The number of amides is 1. The quantitative estimate of drug-likeness (QED) is 0.668. The number of imidazole rings is 1. The van der Waals surface area contributed by atoms with Crippen LogP contribution in [-0.4, -0.2) is 28.1 Å². The van der Waals surface area contributed by atoms with Crippen molar-refractivity contribution < 1.29 is 9.53 Å². The summed E-state index contributed by atoms with van der Waals surface area (Å²) in [5, 5.41) is 2.93. The molecule has 5 heteroatoms. The second kappa shape index (κ2) is 9.03. The highest BCUT2D eigenvalue weighted by atomic mass is 16.5. The SMILES string of the molecule is Cc1ccc(OC(C)C(=O)NCCc2nccn2Cc2ccccc2)cc1. The van der Waals surface area contributed by atoms with Gasteiger partial charge < -0.3 is 14.6 Å². The molecule has 2 aromatic carbocycles. The summed E-state index contributed by atoms with van der Waals surface area (Å²) in [7, 11) is 0. The van der Waals surface area contributed by atoms with E-state index in [2.05, 4.69) is 27.0 Å². The van der Waals surface area contributed by atoms with E-state index in [1.165, 1.54) is 5.56 Å². The second-order valence-corrected chi connectivity index (χ2v) is 6.57. The van der Waals surface area contributed by atoms with E-state index in [9.17, 15) is 4.79 Å². The Kier molecular flexibility index (Phi) is 6.26. The number of rotatable bonds is 8. The van der Waals surface area contributed by atoms with E-state index in [1.807, 2.05) is 55.6 Å². The Hall–Kier alpha value is -3.08. The zero-order valence-electron chi connectivity index (χ0n) is 15.8. The maximum absolute atomic E-state index is 12.3. The molecule has 5 nitrogen and oxygen atoms in total. The van der Waals surface area contributed by atoms with Gasteiger partial charge in [0.2, 0.25) is 0 Å². The fraction of sp³-hybridized carbons (Fsp3) is 0.273. The first-order valence-corrected chi connectivity index (χ1v) is 9.17. The van der Waals surface area contributed by atoms with Gasteiger partial charge in [-0.3, -0.25) is 4.79 Å². The number of nitrogens with zero attached hydrogens (tertiary/aromatic N) is 2. The Morgan fingerprint density at radius 1 is 1.15 bits per heavy atom. The van der Waals surface area contributed by atoms with Crippen molar-refractivity contribution in [1.82, 2.24) is 14.9 Å². The highest BCUT2D eigenvalue weighted by Gasteiger charge is 2.14. The van der Waals surface area contributed by atoms with E-state index in [4.69, 9.17) is 4.74 Å². The minimum atomic E-state index is -0.545. The monoisotopic (exact) mass is 363 g/mol. The molecule has 0 spiro atoms. The molecule has 0 aliphatic rings.